The summed E-state index contributed by atoms with van der Waals surface area (Å²) in [5.74, 6) is 0.252. The fourth-order valence-corrected chi connectivity index (χ4v) is 1.95. The van der Waals surface area contributed by atoms with E-state index >= 15 is 0 Å². The molecule has 2 aromatic rings. The van der Waals surface area contributed by atoms with Gasteiger partial charge in [0, 0.05) is 13.1 Å². The van der Waals surface area contributed by atoms with Crippen molar-refractivity contribution in [2.45, 2.75) is 13.1 Å². The molecular formula is C18H24N2O3V. The number of para-hydroxylation sites is 2. The summed E-state index contributed by atoms with van der Waals surface area (Å²) in [7, 11) is 7.80. The van der Waals surface area contributed by atoms with E-state index in [4.69, 9.17) is 0 Å². The van der Waals surface area contributed by atoms with Crippen LogP contribution < -0.4 is 10.2 Å². The maximum Gasteiger partial charge on any atom is 4.00 e. The zero-order chi connectivity index (χ0) is 16.5. The summed E-state index contributed by atoms with van der Waals surface area (Å²) < 4.78 is 0. The first-order chi connectivity index (χ1) is 10.4. The number of hydrogen-bond acceptors (Lipinski definition) is 4. The van der Waals surface area contributed by atoms with Crippen LogP contribution in [0.5, 0.6) is 11.5 Å². The van der Waals surface area contributed by atoms with Gasteiger partial charge in [0.05, 0.1) is 0 Å². The van der Waals surface area contributed by atoms with Crippen LogP contribution in [-0.4, -0.2) is 38.0 Å². The zero-order valence-electron chi connectivity index (χ0n) is 14.6. The second-order valence-corrected chi connectivity index (χ2v) is 5.69. The van der Waals surface area contributed by atoms with Gasteiger partial charge in [-0.2, -0.15) is 0 Å². The SMILES string of the molecule is CN(C)Cc1ccccc1[O-].CN(C)Cc1ccccc1[O-].[O-2].[V+4]. The summed E-state index contributed by atoms with van der Waals surface area (Å²) in [6, 6.07) is 14.2. The van der Waals surface area contributed by atoms with E-state index in [1.165, 1.54) is 0 Å². The molecule has 0 aliphatic carbocycles. The van der Waals surface area contributed by atoms with Gasteiger partial charge in [-0.1, -0.05) is 48.5 Å². The van der Waals surface area contributed by atoms with E-state index in [0.29, 0.717) is 0 Å². The van der Waals surface area contributed by atoms with Gasteiger partial charge in [0.2, 0.25) is 0 Å². The van der Waals surface area contributed by atoms with Gasteiger partial charge in [0.1, 0.15) is 0 Å². The predicted molar refractivity (Wildman–Crippen MR) is 87.2 cm³/mol. The normalized spacial score (nSPS) is 9.58. The van der Waals surface area contributed by atoms with Crippen molar-refractivity contribution in [1.29, 1.82) is 0 Å². The third-order valence-corrected chi connectivity index (χ3v) is 2.92. The molecule has 2 rings (SSSR count). The van der Waals surface area contributed by atoms with Crippen molar-refractivity contribution in [1.82, 2.24) is 9.80 Å². The van der Waals surface area contributed by atoms with Gasteiger partial charge in [0.15, 0.2) is 0 Å². The molecule has 0 N–H and O–H groups in total. The standard InChI is InChI=1S/2C9H13NO.O.V/c2*1-10(2)7-8-5-3-4-6-9(8)11;;/h2*3-6,11H,7H2,1-2H3;;/q;;-2;+4/p-2. The topological polar surface area (TPSA) is 81.1 Å². The Hall–Kier alpha value is -1.50. The van der Waals surface area contributed by atoms with Gasteiger partial charge in [-0.25, -0.2) is 0 Å². The van der Waals surface area contributed by atoms with Crippen LogP contribution in [0.4, 0.5) is 0 Å². The Morgan fingerprint density at radius 1 is 0.667 bits per heavy atom. The van der Waals surface area contributed by atoms with E-state index in [2.05, 4.69) is 0 Å². The first kappa shape index (κ1) is 24.8. The predicted octanol–water partition coefficient (Wildman–Crippen LogP) is 1.52. The van der Waals surface area contributed by atoms with Crippen LogP contribution in [0.15, 0.2) is 48.5 Å². The minimum Gasteiger partial charge on any atom is -2.00 e. The van der Waals surface area contributed by atoms with Crippen LogP contribution in [0, 0.1) is 0 Å². The molecule has 24 heavy (non-hydrogen) atoms. The molecule has 0 aromatic heterocycles. The Kier molecular flexibility index (Phi) is 13.3. The van der Waals surface area contributed by atoms with E-state index in [1.54, 1.807) is 24.3 Å². The molecule has 0 heterocycles. The van der Waals surface area contributed by atoms with Crippen LogP contribution in [0.25, 0.3) is 0 Å². The van der Waals surface area contributed by atoms with Crippen molar-refractivity contribution in [2.24, 2.45) is 0 Å². The molecule has 1 radical (unpaired) electrons. The molecule has 0 atom stereocenters. The summed E-state index contributed by atoms with van der Waals surface area (Å²) in [4.78, 5) is 3.97. The van der Waals surface area contributed by atoms with Gasteiger partial charge in [-0.15, -0.1) is 11.5 Å². The summed E-state index contributed by atoms with van der Waals surface area (Å²) >= 11 is 0. The maximum absolute atomic E-state index is 11.1. The van der Waals surface area contributed by atoms with E-state index in [-0.39, 0.29) is 35.5 Å². The van der Waals surface area contributed by atoms with E-state index in [0.717, 1.165) is 24.2 Å². The average molecular weight is 367 g/mol. The molecule has 0 unspecified atom stereocenters. The minimum atomic E-state index is 0. The van der Waals surface area contributed by atoms with Crippen LogP contribution >= 0.6 is 0 Å². The third-order valence-electron chi connectivity index (χ3n) is 2.92. The van der Waals surface area contributed by atoms with Crippen LogP contribution in [0.1, 0.15) is 11.1 Å². The molecule has 6 heteroatoms. The molecular weight excluding hydrogens is 343 g/mol. The van der Waals surface area contributed by atoms with Gasteiger partial charge in [0.25, 0.3) is 0 Å². The van der Waals surface area contributed by atoms with E-state index in [1.807, 2.05) is 62.3 Å². The Balaban J connectivity index is 0. The quantitative estimate of drug-likeness (QED) is 0.821. The molecule has 0 bridgehead atoms. The van der Waals surface area contributed by atoms with Gasteiger partial charge < -0.3 is 25.5 Å². The third kappa shape index (κ3) is 9.60. The Bertz CT molecular complexity index is 526. The van der Waals surface area contributed by atoms with Crippen molar-refractivity contribution in [3.8, 4) is 11.5 Å². The van der Waals surface area contributed by atoms with Crippen molar-refractivity contribution < 1.29 is 34.2 Å². The van der Waals surface area contributed by atoms with Crippen molar-refractivity contribution in [3.63, 3.8) is 0 Å². The molecule has 5 nitrogen and oxygen atoms in total. The summed E-state index contributed by atoms with van der Waals surface area (Å²) in [5, 5.41) is 22.3. The molecule has 0 amide bonds. The van der Waals surface area contributed by atoms with E-state index in [9.17, 15) is 10.2 Å². The van der Waals surface area contributed by atoms with Gasteiger partial charge in [-0.3, -0.25) is 0 Å². The van der Waals surface area contributed by atoms with Crippen molar-refractivity contribution in [2.75, 3.05) is 28.2 Å². The summed E-state index contributed by atoms with van der Waals surface area (Å²) in [5.41, 5.74) is 1.72. The van der Waals surface area contributed by atoms with Crippen LogP contribution in [0.2, 0.25) is 0 Å². The average Bonchev–Trinajstić information content (AvgIpc) is 2.44. The second-order valence-electron chi connectivity index (χ2n) is 5.69. The molecule has 0 fully saturated rings. The molecule has 0 saturated heterocycles. The number of hydrogen-bond donors (Lipinski definition) is 0. The number of rotatable bonds is 4. The molecule has 129 valence electrons. The molecule has 0 saturated carbocycles. The Morgan fingerprint density at radius 2 is 0.958 bits per heavy atom. The van der Waals surface area contributed by atoms with Crippen molar-refractivity contribution >= 4 is 0 Å². The molecule has 2 aromatic carbocycles. The fourth-order valence-electron chi connectivity index (χ4n) is 1.95. The monoisotopic (exact) mass is 367 g/mol. The van der Waals surface area contributed by atoms with E-state index < -0.39 is 0 Å². The molecule has 0 aliphatic rings. The van der Waals surface area contributed by atoms with Crippen LogP contribution in [-0.2, 0) is 37.1 Å². The molecule has 0 aliphatic heterocycles. The largest absolute Gasteiger partial charge is 4.00 e. The Morgan fingerprint density at radius 3 is 1.21 bits per heavy atom. The number of benzene rings is 2. The van der Waals surface area contributed by atoms with Gasteiger partial charge in [-0.05, 0) is 39.3 Å². The minimum absolute atomic E-state index is 0. The number of nitrogens with zero attached hydrogens (tertiary/aromatic N) is 2. The van der Waals surface area contributed by atoms with Crippen molar-refractivity contribution in [3.05, 3.63) is 59.7 Å². The van der Waals surface area contributed by atoms with Gasteiger partial charge >= 0.3 is 18.6 Å². The first-order valence-corrected chi connectivity index (χ1v) is 7.19. The second kappa shape index (κ2) is 12.9. The smallest absolute Gasteiger partial charge is 2.00 e. The summed E-state index contributed by atoms with van der Waals surface area (Å²) in [6.07, 6.45) is 0. The zero-order valence-corrected chi connectivity index (χ0v) is 16.0. The summed E-state index contributed by atoms with van der Waals surface area (Å²) in [6.45, 7) is 1.44. The first-order valence-electron chi connectivity index (χ1n) is 7.19. The molecule has 0 spiro atoms. The van der Waals surface area contributed by atoms with Crippen LogP contribution in [0.3, 0.4) is 0 Å². The maximum atomic E-state index is 11.1. The fraction of sp³-hybridized carbons (Fsp3) is 0.333. The Labute approximate surface area is 156 Å².